The van der Waals surface area contributed by atoms with Crippen molar-refractivity contribution < 1.29 is 23.8 Å². The summed E-state index contributed by atoms with van der Waals surface area (Å²) in [6.45, 7) is 2.83. The van der Waals surface area contributed by atoms with Gasteiger partial charge in [-0.1, -0.05) is 13.3 Å². The summed E-state index contributed by atoms with van der Waals surface area (Å²) in [6, 6.07) is 8.97. The minimum atomic E-state index is -0.317. The van der Waals surface area contributed by atoms with Crippen LogP contribution in [0.5, 0.6) is 17.2 Å². The molecule has 0 atom stereocenters. The highest BCUT2D eigenvalue weighted by Gasteiger charge is 2.25. The number of fused-ring (bicyclic) bond motifs is 1. The first-order valence-corrected chi connectivity index (χ1v) is 10.1. The Morgan fingerprint density at radius 2 is 1.80 bits per heavy atom. The molecule has 0 saturated heterocycles. The average Bonchev–Trinajstić information content (AvgIpc) is 2.77. The van der Waals surface area contributed by atoms with Gasteiger partial charge in [0.15, 0.2) is 11.5 Å². The van der Waals surface area contributed by atoms with Gasteiger partial charge in [-0.05, 0) is 48.7 Å². The molecule has 0 unspecified atom stereocenters. The number of anilines is 2. The normalized spacial score (nSPS) is 12.9. The van der Waals surface area contributed by atoms with Gasteiger partial charge in [-0.2, -0.15) is 0 Å². The van der Waals surface area contributed by atoms with Crippen molar-refractivity contribution in [3.63, 3.8) is 0 Å². The molecule has 7 nitrogen and oxygen atoms in total. The van der Waals surface area contributed by atoms with E-state index in [2.05, 4.69) is 12.2 Å². The van der Waals surface area contributed by atoms with Crippen LogP contribution in [-0.2, 0) is 11.2 Å². The van der Waals surface area contributed by atoms with E-state index >= 15 is 0 Å². The Hall–Kier alpha value is -3.22. The van der Waals surface area contributed by atoms with Gasteiger partial charge >= 0.3 is 0 Å². The lowest BCUT2D eigenvalue weighted by molar-refractivity contribution is -0.118. The molecule has 1 aliphatic rings. The lowest BCUT2D eigenvalue weighted by Crippen LogP contribution is -2.35. The molecule has 0 saturated carbocycles. The van der Waals surface area contributed by atoms with Crippen molar-refractivity contribution in [2.45, 2.75) is 32.6 Å². The van der Waals surface area contributed by atoms with Crippen molar-refractivity contribution in [1.82, 2.24) is 0 Å². The van der Waals surface area contributed by atoms with Crippen molar-refractivity contribution in [1.29, 1.82) is 0 Å². The van der Waals surface area contributed by atoms with E-state index in [1.807, 2.05) is 23.1 Å². The Balaban J connectivity index is 1.86. The molecule has 1 N–H and O–H groups in total. The van der Waals surface area contributed by atoms with Crippen LogP contribution in [0.1, 0.15) is 42.1 Å². The number of hydrogen-bond acceptors (Lipinski definition) is 5. The summed E-state index contributed by atoms with van der Waals surface area (Å²) in [5.74, 6) is 0.994. The first-order chi connectivity index (χ1) is 14.5. The molecule has 0 fully saturated rings. The van der Waals surface area contributed by atoms with Gasteiger partial charge in [0, 0.05) is 24.3 Å². The number of carbonyl (C=O) groups is 2. The van der Waals surface area contributed by atoms with E-state index in [9.17, 15) is 9.59 Å². The van der Waals surface area contributed by atoms with Gasteiger partial charge in [-0.3, -0.25) is 9.59 Å². The standard InChI is InChI=1S/C23H28N2O5/c1-5-6-13-25-18-10-8-16(14-15(18)7-12-20(25)26)24-23(27)17-9-11-19(28-2)22(30-4)21(17)29-3/h8-11,14H,5-7,12-13H2,1-4H3,(H,24,27). The van der Waals surface area contributed by atoms with E-state index in [-0.39, 0.29) is 11.8 Å². The predicted octanol–water partition coefficient (Wildman–Crippen LogP) is 4.04. The minimum Gasteiger partial charge on any atom is -0.493 e. The summed E-state index contributed by atoms with van der Waals surface area (Å²) < 4.78 is 16.0. The first kappa shape index (κ1) is 21.5. The molecule has 160 valence electrons. The van der Waals surface area contributed by atoms with Crippen LogP contribution >= 0.6 is 0 Å². The Bertz CT molecular complexity index is 941. The summed E-state index contributed by atoms with van der Waals surface area (Å²) in [4.78, 5) is 27.1. The van der Waals surface area contributed by atoms with Gasteiger partial charge in [-0.25, -0.2) is 0 Å². The smallest absolute Gasteiger partial charge is 0.259 e. The number of nitrogens with zero attached hydrogens (tertiary/aromatic N) is 1. The number of ether oxygens (including phenoxy) is 3. The molecule has 30 heavy (non-hydrogen) atoms. The third-order valence-electron chi connectivity index (χ3n) is 5.22. The minimum absolute atomic E-state index is 0.155. The molecular weight excluding hydrogens is 384 g/mol. The summed E-state index contributed by atoms with van der Waals surface area (Å²) >= 11 is 0. The van der Waals surface area contributed by atoms with Gasteiger partial charge in [0.25, 0.3) is 5.91 Å². The Morgan fingerprint density at radius 3 is 2.47 bits per heavy atom. The third kappa shape index (κ3) is 4.20. The highest BCUT2D eigenvalue weighted by atomic mass is 16.5. The fourth-order valence-electron chi connectivity index (χ4n) is 3.68. The van der Waals surface area contributed by atoms with Crippen LogP contribution in [-0.4, -0.2) is 39.7 Å². The zero-order valence-electron chi connectivity index (χ0n) is 17.9. The van der Waals surface area contributed by atoms with Crippen LogP contribution in [0.15, 0.2) is 30.3 Å². The zero-order chi connectivity index (χ0) is 21.7. The molecule has 0 aromatic heterocycles. The number of methoxy groups -OCH3 is 3. The number of rotatable bonds is 8. The molecule has 0 radical (unpaired) electrons. The summed E-state index contributed by atoms with van der Waals surface area (Å²) in [6.07, 6.45) is 3.14. The highest BCUT2D eigenvalue weighted by molar-refractivity contribution is 6.07. The number of benzene rings is 2. The average molecular weight is 412 g/mol. The summed E-state index contributed by atoms with van der Waals surface area (Å²) in [5.41, 5.74) is 3.00. The molecule has 1 heterocycles. The van der Waals surface area contributed by atoms with Crippen molar-refractivity contribution in [3.8, 4) is 17.2 Å². The number of carbonyl (C=O) groups excluding carboxylic acids is 2. The maximum Gasteiger partial charge on any atom is 0.259 e. The predicted molar refractivity (Wildman–Crippen MR) is 116 cm³/mol. The van der Waals surface area contributed by atoms with E-state index in [1.165, 1.54) is 21.3 Å². The second kappa shape index (κ2) is 9.52. The number of amides is 2. The molecule has 7 heteroatoms. The van der Waals surface area contributed by atoms with Gasteiger partial charge in [0.2, 0.25) is 11.7 Å². The van der Waals surface area contributed by atoms with E-state index in [0.717, 1.165) is 30.6 Å². The molecule has 0 bridgehead atoms. The van der Waals surface area contributed by atoms with Gasteiger partial charge in [-0.15, -0.1) is 0 Å². The van der Waals surface area contributed by atoms with Crippen molar-refractivity contribution >= 4 is 23.2 Å². The molecular formula is C23H28N2O5. The van der Waals surface area contributed by atoms with Crippen molar-refractivity contribution in [2.75, 3.05) is 38.1 Å². The van der Waals surface area contributed by atoms with Crippen molar-refractivity contribution in [2.24, 2.45) is 0 Å². The Labute approximate surface area is 176 Å². The fraction of sp³-hybridized carbons (Fsp3) is 0.391. The monoisotopic (exact) mass is 412 g/mol. The molecule has 2 amide bonds. The molecule has 2 aromatic rings. The lowest BCUT2D eigenvalue weighted by Gasteiger charge is -2.29. The fourth-order valence-corrected chi connectivity index (χ4v) is 3.68. The van der Waals surface area contributed by atoms with Crippen molar-refractivity contribution in [3.05, 3.63) is 41.5 Å². The first-order valence-electron chi connectivity index (χ1n) is 10.1. The number of unbranched alkanes of at least 4 members (excludes halogenated alkanes) is 1. The third-order valence-corrected chi connectivity index (χ3v) is 5.22. The van der Waals surface area contributed by atoms with E-state index in [1.54, 1.807) is 12.1 Å². The van der Waals surface area contributed by atoms with Crippen LogP contribution < -0.4 is 24.4 Å². The van der Waals surface area contributed by atoms with Crippen LogP contribution in [0.25, 0.3) is 0 Å². The quantitative estimate of drug-likeness (QED) is 0.708. The molecule has 2 aromatic carbocycles. The number of nitrogens with one attached hydrogen (secondary N) is 1. The van der Waals surface area contributed by atoms with Gasteiger partial charge < -0.3 is 24.4 Å². The number of hydrogen-bond donors (Lipinski definition) is 1. The van der Waals surface area contributed by atoms with Crippen LogP contribution in [0, 0.1) is 0 Å². The van der Waals surface area contributed by atoms with E-state index < -0.39 is 0 Å². The highest BCUT2D eigenvalue weighted by Crippen LogP contribution is 2.40. The summed E-state index contributed by atoms with van der Waals surface area (Å²) in [7, 11) is 4.50. The Morgan fingerprint density at radius 1 is 1.03 bits per heavy atom. The molecule has 1 aliphatic heterocycles. The maximum atomic E-state index is 12.9. The second-order valence-electron chi connectivity index (χ2n) is 7.08. The Kier molecular flexibility index (Phi) is 6.82. The van der Waals surface area contributed by atoms with Gasteiger partial charge in [0.05, 0.1) is 26.9 Å². The second-order valence-corrected chi connectivity index (χ2v) is 7.08. The van der Waals surface area contributed by atoms with E-state index in [0.29, 0.717) is 41.3 Å². The van der Waals surface area contributed by atoms with Crippen LogP contribution in [0.4, 0.5) is 11.4 Å². The van der Waals surface area contributed by atoms with Gasteiger partial charge in [0.1, 0.15) is 0 Å². The van der Waals surface area contributed by atoms with Crippen LogP contribution in [0.3, 0.4) is 0 Å². The summed E-state index contributed by atoms with van der Waals surface area (Å²) in [5, 5.41) is 2.92. The van der Waals surface area contributed by atoms with Crippen LogP contribution in [0.2, 0.25) is 0 Å². The SMILES string of the molecule is CCCCN1C(=O)CCc2cc(NC(=O)c3ccc(OC)c(OC)c3OC)ccc21. The molecule has 0 spiro atoms. The topological polar surface area (TPSA) is 77.1 Å². The van der Waals surface area contributed by atoms with E-state index in [4.69, 9.17) is 14.2 Å². The number of aryl methyl sites for hydroxylation is 1. The molecule has 0 aliphatic carbocycles. The molecule has 3 rings (SSSR count). The zero-order valence-corrected chi connectivity index (χ0v) is 17.9. The largest absolute Gasteiger partial charge is 0.493 e. The maximum absolute atomic E-state index is 12.9. The lowest BCUT2D eigenvalue weighted by atomic mass is 10.00.